The summed E-state index contributed by atoms with van der Waals surface area (Å²) >= 11 is 0. The second-order valence-corrected chi connectivity index (χ2v) is 4.10. The van der Waals surface area contributed by atoms with Gasteiger partial charge in [-0.15, -0.1) is 0 Å². The van der Waals surface area contributed by atoms with Crippen LogP contribution >= 0.6 is 0 Å². The zero-order valence-electron chi connectivity index (χ0n) is 10.7. The van der Waals surface area contributed by atoms with Gasteiger partial charge in [0.2, 0.25) is 5.91 Å². The smallest absolute Gasteiger partial charge is 0.320 e. The lowest BCUT2D eigenvalue weighted by atomic mass is 10.1. The molecule has 6 nitrogen and oxygen atoms in total. The van der Waals surface area contributed by atoms with E-state index in [4.69, 9.17) is 16.6 Å². The van der Waals surface area contributed by atoms with E-state index < -0.39 is 12.0 Å². The second kappa shape index (κ2) is 9.61. The summed E-state index contributed by atoms with van der Waals surface area (Å²) in [5, 5.41) is 8.33. The summed E-state index contributed by atoms with van der Waals surface area (Å²) < 4.78 is 0. The van der Waals surface area contributed by atoms with E-state index in [1.54, 1.807) is 11.1 Å². The molecule has 0 radical (unpaired) electrons. The van der Waals surface area contributed by atoms with Gasteiger partial charge in [-0.3, -0.25) is 9.59 Å². The Labute approximate surface area is 108 Å². The maximum atomic E-state index is 10.7. The van der Waals surface area contributed by atoms with Crippen molar-refractivity contribution in [2.24, 2.45) is 11.5 Å². The molecule has 1 heterocycles. The Hall–Kier alpha value is -1.40. The Bertz CT molecular complexity index is 282. The Kier molecular flexibility index (Phi) is 8.86. The SMILES string of the molecule is C=CN1CCCC1=O.NCCCCC(N)C(=O)O. The molecule has 0 aromatic rings. The predicted molar refractivity (Wildman–Crippen MR) is 69.7 cm³/mol. The van der Waals surface area contributed by atoms with Crippen molar-refractivity contribution in [1.29, 1.82) is 0 Å². The molecule has 1 amide bonds. The fourth-order valence-electron chi connectivity index (χ4n) is 1.49. The monoisotopic (exact) mass is 257 g/mol. The summed E-state index contributed by atoms with van der Waals surface area (Å²) in [6, 6.07) is -0.716. The van der Waals surface area contributed by atoms with Crippen LogP contribution in [0.15, 0.2) is 12.8 Å². The molecule has 0 aromatic heterocycles. The lowest BCUT2D eigenvalue weighted by Gasteiger charge is -2.05. The van der Waals surface area contributed by atoms with Crippen molar-refractivity contribution >= 4 is 11.9 Å². The fraction of sp³-hybridized carbons (Fsp3) is 0.667. The van der Waals surface area contributed by atoms with Crippen LogP contribution in [0.2, 0.25) is 0 Å². The number of hydrogen-bond donors (Lipinski definition) is 3. The van der Waals surface area contributed by atoms with Crippen LogP contribution in [0.1, 0.15) is 32.1 Å². The molecule has 1 fully saturated rings. The number of aliphatic carboxylic acids is 1. The van der Waals surface area contributed by atoms with Crippen molar-refractivity contribution in [2.75, 3.05) is 13.1 Å². The third-order valence-corrected chi connectivity index (χ3v) is 2.62. The van der Waals surface area contributed by atoms with Gasteiger partial charge in [0.1, 0.15) is 6.04 Å². The van der Waals surface area contributed by atoms with Gasteiger partial charge >= 0.3 is 5.97 Å². The first-order chi connectivity index (χ1) is 8.52. The second-order valence-electron chi connectivity index (χ2n) is 4.10. The number of carboxylic acids is 1. The van der Waals surface area contributed by atoms with Gasteiger partial charge in [-0.05, 0) is 32.0 Å². The van der Waals surface area contributed by atoms with Crippen LogP contribution in [-0.2, 0) is 9.59 Å². The molecule has 5 N–H and O–H groups in total. The normalized spacial score (nSPS) is 15.9. The van der Waals surface area contributed by atoms with Gasteiger partial charge in [-0.25, -0.2) is 0 Å². The summed E-state index contributed by atoms with van der Waals surface area (Å²) in [6.45, 7) is 4.97. The van der Waals surface area contributed by atoms with Crippen molar-refractivity contribution in [2.45, 2.75) is 38.1 Å². The number of carbonyl (C=O) groups is 2. The minimum Gasteiger partial charge on any atom is -0.480 e. The Balaban J connectivity index is 0.000000327. The van der Waals surface area contributed by atoms with E-state index in [0.717, 1.165) is 25.8 Å². The highest BCUT2D eigenvalue weighted by Gasteiger charge is 2.16. The first kappa shape index (κ1) is 16.6. The number of nitrogens with zero attached hydrogens (tertiary/aromatic N) is 1. The van der Waals surface area contributed by atoms with Gasteiger partial charge in [-0.2, -0.15) is 0 Å². The average Bonchev–Trinajstić information content (AvgIpc) is 2.75. The summed E-state index contributed by atoms with van der Waals surface area (Å²) in [4.78, 5) is 22.4. The molecule has 18 heavy (non-hydrogen) atoms. The van der Waals surface area contributed by atoms with E-state index in [1.165, 1.54) is 0 Å². The molecule has 0 aliphatic carbocycles. The lowest BCUT2D eigenvalue weighted by Crippen LogP contribution is -2.29. The molecule has 0 bridgehead atoms. The number of nitrogens with two attached hydrogens (primary N) is 2. The van der Waals surface area contributed by atoms with Gasteiger partial charge in [0.25, 0.3) is 0 Å². The summed E-state index contributed by atoms with van der Waals surface area (Å²) in [7, 11) is 0. The van der Waals surface area contributed by atoms with Crippen LogP contribution in [0, 0.1) is 0 Å². The van der Waals surface area contributed by atoms with Gasteiger partial charge in [0.15, 0.2) is 0 Å². The van der Waals surface area contributed by atoms with Gasteiger partial charge < -0.3 is 21.5 Å². The van der Waals surface area contributed by atoms with Gasteiger partial charge in [0.05, 0.1) is 0 Å². The van der Waals surface area contributed by atoms with E-state index in [-0.39, 0.29) is 5.91 Å². The van der Waals surface area contributed by atoms with Crippen molar-refractivity contribution in [3.05, 3.63) is 12.8 Å². The van der Waals surface area contributed by atoms with E-state index in [2.05, 4.69) is 6.58 Å². The summed E-state index contributed by atoms with van der Waals surface area (Å²) in [5.74, 6) is -0.725. The van der Waals surface area contributed by atoms with Crippen molar-refractivity contribution in [3.8, 4) is 0 Å². The molecule has 104 valence electrons. The largest absolute Gasteiger partial charge is 0.480 e. The minimum absolute atomic E-state index is 0.208. The van der Waals surface area contributed by atoms with E-state index in [9.17, 15) is 9.59 Å². The van der Waals surface area contributed by atoms with Gasteiger partial charge in [-0.1, -0.05) is 13.0 Å². The van der Waals surface area contributed by atoms with E-state index >= 15 is 0 Å². The highest BCUT2D eigenvalue weighted by Crippen LogP contribution is 2.08. The Morgan fingerprint density at radius 3 is 2.56 bits per heavy atom. The predicted octanol–water partition coefficient (Wildman–Crippen LogP) is 0.280. The number of carbonyl (C=O) groups excluding carboxylic acids is 1. The van der Waals surface area contributed by atoms with Crippen LogP contribution in [0.4, 0.5) is 0 Å². The number of rotatable bonds is 6. The lowest BCUT2D eigenvalue weighted by molar-refractivity contribution is -0.138. The molecular weight excluding hydrogens is 234 g/mol. The number of unbranched alkanes of at least 4 members (excludes halogenated alkanes) is 1. The Morgan fingerprint density at radius 1 is 1.56 bits per heavy atom. The fourth-order valence-corrected chi connectivity index (χ4v) is 1.49. The number of carboxylic acid groups (broad SMARTS) is 1. The van der Waals surface area contributed by atoms with Crippen LogP contribution in [0.25, 0.3) is 0 Å². The van der Waals surface area contributed by atoms with Crippen LogP contribution in [-0.4, -0.2) is 41.0 Å². The highest BCUT2D eigenvalue weighted by atomic mass is 16.4. The molecular formula is C12H23N3O3. The average molecular weight is 257 g/mol. The van der Waals surface area contributed by atoms with Crippen molar-refractivity contribution in [1.82, 2.24) is 4.90 Å². The van der Waals surface area contributed by atoms with Crippen LogP contribution < -0.4 is 11.5 Å². The molecule has 1 saturated heterocycles. The molecule has 1 aliphatic heterocycles. The highest BCUT2D eigenvalue weighted by molar-refractivity contribution is 5.78. The Morgan fingerprint density at radius 2 is 2.22 bits per heavy atom. The van der Waals surface area contributed by atoms with E-state index in [0.29, 0.717) is 19.4 Å². The molecule has 0 saturated carbocycles. The zero-order chi connectivity index (χ0) is 14.0. The molecule has 0 spiro atoms. The maximum absolute atomic E-state index is 10.7. The minimum atomic E-state index is -0.933. The van der Waals surface area contributed by atoms with Crippen molar-refractivity contribution in [3.63, 3.8) is 0 Å². The standard InChI is InChI=1S/C6H14N2O2.C6H9NO/c7-4-2-1-3-5(8)6(9)10;1-2-7-5-3-4-6(7)8/h5H,1-4,7-8H2,(H,9,10);2H,1,3-5H2. The van der Waals surface area contributed by atoms with E-state index in [1.807, 2.05) is 0 Å². The molecule has 1 rings (SSSR count). The molecule has 1 aliphatic rings. The molecule has 6 heteroatoms. The quantitative estimate of drug-likeness (QED) is 0.592. The number of likely N-dealkylation sites (tertiary alicyclic amines) is 1. The van der Waals surface area contributed by atoms with Crippen LogP contribution in [0.5, 0.6) is 0 Å². The molecule has 1 unspecified atom stereocenters. The van der Waals surface area contributed by atoms with Gasteiger partial charge in [0, 0.05) is 13.0 Å². The molecule has 0 aromatic carbocycles. The maximum Gasteiger partial charge on any atom is 0.320 e. The third kappa shape index (κ3) is 7.03. The van der Waals surface area contributed by atoms with Crippen molar-refractivity contribution < 1.29 is 14.7 Å². The number of hydrogen-bond acceptors (Lipinski definition) is 4. The molecule has 1 atom stereocenters. The number of amides is 1. The topological polar surface area (TPSA) is 110 Å². The summed E-state index contributed by atoms with van der Waals surface area (Å²) in [5.41, 5.74) is 10.4. The first-order valence-corrected chi connectivity index (χ1v) is 6.13. The first-order valence-electron chi connectivity index (χ1n) is 6.13. The summed E-state index contributed by atoms with van der Waals surface area (Å²) in [6.07, 6.45) is 5.45. The third-order valence-electron chi connectivity index (χ3n) is 2.62. The van der Waals surface area contributed by atoms with Crippen LogP contribution in [0.3, 0.4) is 0 Å². The zero-order valence-corrected chi connectivity index (χ0v) is 10.7.